The van der Waals surface area contributed by atoms with Gasteiger partial charge in [-0.1, -0.05) is 30.7 Å². The SMILES string of the molecule is O=C1c2ccccc2CCCC1CN1CCCCC1. The maximum Gasteiger partial charge on any atom is 0.167 e. The molecule has 2 heteroatoms. The minimum atomic E-state index is 0.224. The van der Waals surface area contributed by atoms with Crippen LogP contribution in [0.5, 0.6) is 0 Å². The highest BCUT2D eigenvalue weighted by molar-refractivity contribution is 5.99. The van der Waals surface area contributed by atoms with Gasteiger partial charge in [0.1, 0.15) is 0 Å². The summed E-state index contributed by atoms with van der Waals surface area (Å²) in [5.74, 6) is 0.612. The summed E-state index contributed by atoms with van der Waals surface area (Å²) in [7, 11) is 0. The number of hydrogen-bond acceptors (Lipinski definition) is 2. The van der Waals surface area contributed by atoms with Gasteiger partial charge in [0, 0.05) is 18.0 Å². The molecule has 19 heavy (non-hydrogen) atoms. The van der Waals surface area contributed by atoms with Crippen LogP contribution in [0.2, 0.25) is 0 Å². The Morgan fingerprint density at radius 2 is 1.84 bits per heavy atom. The molecule has 1 unspecified atom stereocenters. The number of hydrogen-bond donors (Lipinski definition) is 0. The smallest absolute Gasteiger partial charge is 0.167 e. The number of fused-ring (bicyclic) bond motifs is 1. The molecule has 1 aliphatic carbocycles. The van der Waals surface area contributed by atoms with E-state index in [0.29, 0.717) is 5.78 Å². The second kappa shape index (κ2) is 5.87. The lowest BCUT2D eigenvalue weighted by molar-refractivity contribution is 0.0862. The van der Waals surface area contributed by atoms with E-state index in [1.54, 1.807) is 0 Å². The summed E-state index contributed by atoms with van der Waals surface area (Å²) in [6, 6.07) is 8.19. The molecule has 0 amide bonds. The Kier molecular flexibility index (Phi) is 3.97. The van der Waals surface area contributed by atoms with Crippen LogP contribution in [0.4, 0.5) is 0 Å². The summed E-state index contributed by atoms with van der Waals surface area (Å²) in [4.78, 5) is 15.2. The molecule has 0 aromatic heterocycles. The van der Waals surface area contributed by atoms with Crippen LogP contribution in [0, 0.1) is 5.92 Å². The number of benzene rings is 1. The van der Waals surface area contributed by atoms with E-state index in [1.807, 2.05) is 12.1 Å². The summed E-state index contributed by atoms with van der Waals surface area (Å²) < 4.78 is 0. The second-order valence-electron chi connectivity index (χ2n) is 5.97. The van der Waals surface area contributed by atoms with Crippen LogP contribution in [0.25, 0.3) is 0 Å². The van der Waals surface area contributed by atoms with Crippen molar-refractivity contribution in [3.8, 4) is 0 Å². The summed E-state index contributed by atoms with van der Waals surface area (Å²) in [6.07, 6.45) is 7.25. The van der Waals surface area contributed by atoms with Gasteiger partial charge >= 0.3 is 0 Å². The lowest BCUT2D eigenvalue weighted by Crippen LogP contribution is -2.36. The highest BCUT2D eigenvalue weighted by atomic mass is 16.1. The minimum absolute atomic E-state index is 0.224. The number of aryl methyl sites for hydroxylation is 1. The Morgan fingerprint density at radius 1 is 1.05 bits per heavy atom. The van der Waals surface area contributed by atoms with Crippen molar-refractivity contribution >= 4 is 5.78 Å². The minimum Gasteiger partial charge on any atom is -0.303 e. The van der Waals surface area contributed by atoms with E-state index in [4.69, 9.17) is 0 Å². The number of nitrogens with zero attached hydrogens (tertiary/aromatic N) is 1. The largest absolute Gasteiger partial charge is 0.303 e. The molecule has 0 spiro atoms. The van der Waals surface area contributed by atoms with Crippen LogP contribution in [0.1, 0.15) is 48.0 Å². The fourth-order valence-electron chi connectivity index (χ4n) is 3.50. The van der Waals surface area contributed by atoms with Gasteiger partial charge in [0.05, 0.1) is 0 Å². The molecule has 102 valence electrons. The average Bonchev–Trinajstić information content (AvgIpc) is 2.61. The third-order valence-corrected chi connectivity index (χ3v) is 4.58. The summed E-state index contributed by atoms with van der Waals surface area (Å²) >= 11 is 0. The molecule has 1 aliphatic heterocycles. The molecule has 0 N–H and O–H groups in total. The molecular formula is C17H23NO. The molecule has 2 aliphatic rings. The van der Waals surface area contributed by atoms with E-state index in [0.717, 1.165) is 31.4 Å². The predicted octanol–water partition coefficient (Wildman–Crippen LogP) is 3.31. The van der Waals surface area contributed by atoms with Crippen molar-refractivity contribution in [1.29, 1.82) is 0 Å². The molecule has 0 radical (unpaired) electrons. The zero-order valence-electron chi connectivity index (χ0n) is 11.6. The van der Waals surface area contributed by atoms with Gasteiger partial charge in [-0.05, 0) is 50.8 Å². The van der Waals surface area contributed by atoms with Crippen molar-refractivity contribution in [2.75, 3.05) is 19.6 Å². The van der Waals surface area contributed by atoms with Gasteiger partial charge in [-0.15, -0.1) is 0 Å². The Balaban J connectivity index is 1.74. The van der Waals surface area contributed by atoms with Crippen molar-refractivity contribution in [1.82, 2.24) is 4.90 Å². The van der Waals surface area contributed by atoms with Gasteiger partial charge in [0.15, 0.2) is 5.78 Å². The van der Waals surface area contributed by atoms with Crippen LogP contribution >= 0.6 is 0 Å². The van der Waals surface area contributed by atoms with Gasteiger partial charge in [0.25, 0.3) is 0 Å². The topological polar surface area (TPSA) is 20.3 Å². The number of ketones is 1. The van der Waals surface area contributed by atoms with Crippen molar-refractivity contribution in [3.05, 3.63) is 35.4 Å². The molecule has 0 bridgehead atoms. The summed E-state index contributed by atoms with van der Waals surface area (Å²) in [6.45, 7) is 3.35. The monoisotopic (exact) mass is 257 g/mol. The predicted molar refractivity (Wildman–Crippen MR) is 77.5 cm³/mol. The summed E-state index contributed by atoms with van der Waals surface area (Å²) in [5.41, 5.74) is 2.25. The van der Waals surface area contributed by atoms with E-state index < -0.39 is 0 Å². The molecular weight excluding hydrogens is 234 g/mol. The van der Waals surface area contributed by atoms with E-state index in [2.05, 4.69) is 17.0 Å². The fraction of sp³-hybridized carbons (Fsp3) is 0.588. The van der Waals surface area contributed by atoms with E-state index in [1.165, 1.54) is 37.9 Å². The Labute approximate surface area is 115 Å². The number of carbonyl (C=O) groups is 1. The average molecular weight is 257 g/mol. The highest BCUT2D eigenvalue weighted by Crippen LogP contribution is 2.26. The first-order valence-electron chi connectivity index (χ1n) is 7.69. The first-order valence-corrected chi connectivity index (χ1v) is 7.69. The Bertz CT molecular complexity index is 448. The van der Waals surface area contributed by atoms with Gasteiger partial charge in [0.2, 0.25) is 0 Å². The molecule has 1 aromatic carbocycles. The summed E-state index contributed by atoms with van der Waals surface area (Å²) in [5, 5.41) is 0. The second-order valence-corrected chi connectivity index (χ2v) is 5.97. The molecule has 1 saturated heterocycles. The van der Waals surface area contributed by atoms with E-state index in [9.17, 15) is 4.79 Å². The van der Waals surface area contributed by atoms with Crippen molar-refractivity contribution < 1.29 is 4.79 Å². The van der Waals surface area contributed by atoms with Crippen LogP contribution in [-0.2, 0) is 6.42 Å². The number of likely N-dealkylation sites (tertiary alicyclic amines) is 1. The molecule has 1 atom stereocenters. The van der Waals surface area contributed by atoms with E-state index >= 15 is 0 Å². The third-order valence-electron chi connectivity index (χ3n) is 4.58. The lowest BCUT2D eigenvalue weighted by atomic mass is 9.94. The maximum absolute atomic E-state index is 12.7. The molecule has 1 fully saturated rings. The standard InChI is InChI=1S/C17H23NO/c19-17-15(13-18-11-4-1-5-12-18)9-6-8-14-7-2-3-10-16(14)17/h2-3,7,10,15H,1,4-6,8-9,11-13H2. The zero-order valence-corrected chi connectivity index (χ0v) is 11.6. The molecule has 2 nitrogen and oxygen atoms in total. The number of carbonyl (C=O) groups excluding carboxylic acids is 1. The zero-order chi connectivity index (χ0) is 13.1. The van der Waals surface area contributed by atoms with Crippen LogP contribution in [0.15, 0.2) is 24.3 Å². The molecule has 1 heterocycles. The lowest BCUT2D eigenvalue weighted by Gasteiger charge is -2.29. The van der Waals surface area contributed by atoms with Crippen LogP contribution < -0.4 is 0 Å². The van der Waals surface area contributed by atoms with Crippen molar-refractivity contribution in [2.24, 2.45) is 5.92 Å². The Hall–Kier alpha value is -1.15. The number of Topliss-reactive ketones (excluding diaryl/α,β-unsaturated/α-hetero) is 1. The van der Waals surface area contributed by atoms with Crippen LogP contribution in [0.3, 0.4) is 0 Å². The van der Waals surface area contributed by atoms with Crippen molar-refractivity contribution in [3.63, 3.8) is 0 Å². The molecule has 3 rings (SSSR count). The Morgan fingerprint density at radius 3 is 2.68 bits per heavy atom. The highest BCUT2D eigenvalue weighted by Gasteiger charge is 2.27. The van der Waals surface area contributed by atoms with Gasteiger partial charge in [-0.2, -0.15) is 0 Å². The van der Waals surface area contributed by atoms with Gasteiger partial charge in [-0.25, -0.2) is 0 Å². The van der Waals surface area contributed by atoms with Crippen LogP contribution in [-0.4, -0.2) is 30.3 Å². The fourth-order valence-corrected chi connectivity index (χ4v) is 3.50. The molecule has 1 aromatic rings. The number of rotatable bonds is 2. The maximum atomic E-state index is 12.7. The molecule has 0 saturated carbocycles. The van der Waals surface area contributed by atoms with E-state index in [-0.39, 0.29) is 5.92 Å². The quantitative estimate of drug-likeness (QED) is 0.758. The first kappa shape index (κ1) is 12.9. The van der Waals surface area contributed by atoms with Crippen molar-refractivity contribution in [2.45, 2.75) is 38.5 Å². The number of piperidine rings is 1. The third kappa shape index (κ3) is 2.89. The van der Waals surface area contributed by atoms with Gasteiger partial charge < -0.3 is 4.90 Å². The first-order chi connectivity index (χ1) is 9.34. The normalized spacial score (nSPS) is 24.8. The van der Waals surface area contributed by atoms with Gasteiger partial charge in [-0.3, -0.25) is 4.79 Å².